The minimum atomic E-state index is -0.641. The Morgan fingerprint density at radius 2 is 1.75 bits per heavy atom. The molecule has 0 saturated carbocycles. The minimum absolute atomic E-state index is 0.0639. The number of ether oxygens (including phenoxy) is 1. The number of rotatable bonds is 5. The summed E-state index contributed by atoms with van der Waals surface area (Å²) in [4.78, 5) is 30.8. The second-order valence-corrected chi connectivity index (χ2v) is 8.98. The van der Waals surface area contributed by atoms with Gasteiger partial charge >= 0.3 is 0 Å². The Kier molecular flexibility index (Phi) is 7.13. The Bertz CT molecular complexity index is 929. The summed E-state index contributed by atoms with van der Waals surface area (Å²) in [6.45, 7) is 3.38. The first kappa shape index (κ1) is 22.8. The van der Waals surface area contributed by atoms with Crippen LogP contribution in [-0.4, -0.2) is 67.6 Å². The molecule has 2 aliphatic rings. The van der Waals surface area contributed by atoms with Crippen LogP contribution in [0.4, 0.5) is 0 Å². The standard InChI is InChI=1S/C25H30ClN3O3/c1-27-23(30)22-18-29(14-13-28(22)17-19-5-3-2-4-6-19)24(31)25(11-15-32-16-12-25)20-7-9-21(26)10-8-20/h2-10,22H,11-18H2,1H3,(H,27,30)/t22-/m0/s1. The van der Waals surface area contributed by atoms with Crippen molar-refractivity contribution in [3.05, 3.63) is 70.7 Å². The number of hydrogen-bond acceptors (Lipinski definition) is 4. The maximum absolute atomic E-state index is 14.0. The molecule has 0 bridgehead atoms. The monoisotopic (exact) mass is 455 g/mol. The second-order valence-electron chi connectivity index (χ2n) is 8.54. The first-order valence-corrected chi connectivity index (χ1v) is 11.5. The van der Waals surface area contributed by atoms with Crippen molar-refractivity contribution in [1.82, 2.24) is 15.1 Å². The van der Waals surface area contributed by atoms with Crippen molar-refractivity contribution < 1.29 is 14.3 Å². The molecule has 1 N–H and O–H groups in total. The molecule has 2 saturated heterocycles. The van der Waals surface area contributed by atoms with Crippen LogP contribution in [0.1, 0.15) is 24.0 Å². The van der Waals surface area contributed by atoms with E-state index in [4.69, 9.17) is 16.3 Å². The molecule has 2 heterocycles. The van der Waals surface area contributed by atoms with E-state index in [1.165, 1.54) is 0 Å². The van der Waals surface area contributed by atoms with Gasteiger partial charge < -0.3 is 15.0 Å². The SMILES string of the molecule is CNC(=O)[C@@H]1CN(C(=O)C2(c3ccc(Cl)cc3)CCOCC2)CCN1Cc1ccccc1. The summed E-state index contributed by atoms with van der Waals surface area (Å²) in [5.74, 6) is 0.0161. The highest BCUT2D eigenvalue weighted by Gasteiger charge is 2.46. The molecule has 4 rings (SSSR count). The fourth-order valence-electron chi connectivity index (χ4n) is 4.84. The lowest BCUT2D eigenvalue weighted by molar-refractivity contribution is -0.146. The van der Waals surface area contributed by atoms with Crippen molar-refractivity contribution in [2.75, 3.05) is 39.9 Å². The number of nitrogens with one attached hydrogen (secondary N) is 1. The van der Waals surface area contributed by atoms with Crippen LogP contribution >= 0.6 is 11.6 Å². The highest BCUT2D eigenvalue weighted by molar-refractivity contribution is 6.30. The van der Waals surface area contributed by atoms with E-state index < -0.39 is 5.41 Å². The molecule has 2 fully saturated rings. The Morgan fingerprint density at radius 1 is 1.06 bits per heavy atom. The van der Waals surface area contributed by atoms with Crippen LogP contribution < -0.4 is 5.32 Å². The molecule has 2 aromatic rings. The van der Waals surface area contributed by atoms with Crippen molar-refractivity contribution >= 4 is 23.4 Å². The molecule has 0 aromatic heterocycles. The molecular formula is C25H30ClN3O3. The maximum atomic E-state index is 14.0. The van der Waals surface area contributed by atoms with E-state index in [1.54, 1.807) is 7.05 Å². The van der Waals surface area contributed by atoms with Gasteiger partial charge in [0.2, 0.25) is 11.8 Å². The highest BCUT2D eigenvalue weighted by Crippen LogP contribution is 2.38. The quantitative estimate of drug-likeness (QED) is 0.753. The zero-order valence-electron chi connectivity index (χ0n) is 18.4. The molecule has 0 unspecified atom stereocenters. The van der Waals surface area contributed by atoms with Gasteiger partial charge in [-0.2, -0.15) is 0 Å². The number of carbonyl (C=O) groups is 2. The summed E-state index contributed by atoms with van der Waals surface area (Å²) in [6, 6.07) is 17.3. The summed E-state index contributed by atoms with van der Waals surface area (Å²) in [5.41, 5.74) is 1.49. The van der Waals surface area contributed by atoms with E-state index >= 15 is 0 Å². The van der Waals surface area contributed by atoms with Crippen LogP contribution in [0.5, 0.6) is 0 Å². The van der Waals surface area contributed by atoms with Crippen molar-refractivity contribution in [2.24, 2.45) is 0 Å². The van der Waals surface area contributed by atoms with Crippen molar-refractivity contribution in [3.63, 3.8) is 0 Å². The Morgan fingerprint density at radius 3 is 2.41 bits per heavy atom. The van der Waals surface area contributed by atoms with Crippen LogP contribution in [0.3, 0.4) is 0 Å². The largest absolute Gasteiger partial charge is 0.381 e. The number of likely N-dealkylation sites (N-methyl/N-ethyl adjacent to an activating group) is 1. The normalized spacial score (nSPS) is 21.2. The van der Waals surface area contributed by atoms with Gasteiger partial charge in [-0.1, -0.05) is 54.1 Å². The number of carbonyl (C=O) groups excluding carboxylic acids is 2. The van der Waals surface area contributed by atoms with Gasteiger partial charge in [-0.05, 0) is 36.1 Å². The summed E-state index contributed by atoms with van der Waals surface area (Å²) in [6.07, 6.45) is 1.25. The fraction of sp³-hybridized carbons (Fsp3) is 0.440. The predicted octanol–water partition coefficient (Wildman–Crippen LogP) is 2.85. The minimum Gasteiger partial charge on any atom is -0.381 e. The summed E-state index contributed by atoms with van der Waals surface area (Å²) in [7, 11) is 1.65. The molecule has 7 heteroatoms. The van der Waals surface area contributed by atoms with Gasteiger partial charge in [0.1, 0.15) is 6.04 Å². The van der Waals surface area contributed by atoms with Crippen LogP contribution in [-0.2, 0) is 26.3 Å². The third-order valence-electron chi connectivity index (χ3n) is 6.71. The number of halogens is 1. The maximum Gasteiger partial charge on any atom is 0.238 e. The number of benzene rings is 2. The van der Waals surface area contributed by atoms with Crippen molar-refractivity contribution in [2.45, 2.75) is 30.8 Å². The number of amides is 2. The van der Waals surface area contributed by atoms with Gasteiger partial charge in [-0.15, -0.1) is 0 Å². The van der Waals surface area contributed by atoms with Crippen molar-refractivity contribution in [3.8, 4) is 0 Å². The van der Waals surface area contributed by atoms with Gasteiger partial charge in [0.15, 0.2) is 0 Å². The smallest absolute Gasteiger partial charge is 0.238 e. The molecule has 2 amide bonds. The molecule has 32 heavy (non-hydrogen) atoms. The third-order valence-corrected chi connectivity index (χ3v) is 6.96. The highest BCUT2D eigenvalue weighted by atomic mass is 35.5. The average molecular weight is 456 g/mol. The van der Waals surface area contributed by atoms with E-state index in [1.807, 2.05) is 47.4 Å². The Labute approximate surface area is 194 Å². The Balaban J connectivity index is 1.57. The van der Waals surface area contributed by atoms with Crippen LogP contribution in [0, 0.1) is 0 Å². The Hall–Kier alpha value is -2.41. The molecule has 0 aliphatic carbocycles. The number of piperazine rings is 1. The molecule has 6 nitrogen and oxygen atoms in total. The zero-order valence-corrected chi connectivity index (χ0v) is 19.2. The average Bonchev–Trinajstić information content (AvgIpc) is 2.85. The third kappa shape index (κ3) is 4.68. The zero-order chi connectivity index (χ0) is 22.6. The van der Waals surface area contributed by atoms with Crippen LogP contribution in [0.25, 0.3) is 0 Å². The van der Waals surface area contributed by atoms with Crippen LogP contribution in [0.2, 0.25) is 5.02 Å². The summed E-state index contributed by atoms with van der Waals surface area (Å²) < 4.78 is 5.60. The lowest BCUT2D eigenvalue weighted by Gasteiger charge is -2.45. The molecule has 0 spiro atoms. The number of nitrogens with zero attached hydrogens (tertiary/aromatic N) is 2. The van der Waals surface area contributed by atoms with Crippen LogP contribution in [0.15, 0.2) is 54.6 Å². The van der Waals surface area contributed by atoms with E-state index in [9.17, 15) is 9.59 Å². The molecule has 170 valence electrons. The fourth-order valence-corrected chi connectivity index (χ4v) is 4.97. The molecule has 2 aromatic carbocycles. The van der Waals surface area contributed by atoms with E-state index in [0.717, 1.165) is 11.1 Å². The summed E-state index contributed by atoms with van der Waals surface area (Å²) >= 11 is 6.11. The molecular weight excluding hydrogens is 426 g/mol. The van der Waals surface area contributed by atoms with Gasteiger partial charge in [-0.3, -0.25) is 14.5 Å². The van der Waals surface area contributed by atoms with Gasteiger partial charge in [0.05, 0.1) is 5.41 Å². The van der Waals surface area contributed by atoms with E-state index in [0.29, 0.717) is 57.3 Å². The van der Waals surface area contributed by atoms with Gasteiger partial charge in [0, 0.05) is 51.5 Å². The first-order valence-electron chi connectivity index (χ1n) is 11.2. The number of hydrogen-bond donors (Lipinski definition) is 1. The van der Waals surface area contributed by atoms with E-state index in [2.05, 4.69) is 22.3 Å². The second kappa shape index (κ2) is 10.0. The predicted molar refractivity (Wildman–Crippen MR) is 124 cm³/mol. The molecule has 2 aliphatic heterocycles. The van der Waals surface area contributed by atoms with E-state index in [-0.39, 0.29) is 17.9 Å². The van der Waals surface area contributed by atoms with Gasteiger partial charge in [-0.25, -0.2) is 0 Å². The molecule has 0 radical (unpaired) electrons. The topological polar surface area (TPSA) is 61.9 Å². The molecule has 1 atom stereocenters. The lowest BCUT2D eigenvalue weighted by atomic mass is 9.72. The lowest BCUT2D eigenvalue weighted by Crippen LogP contribution is -2.62. The van der Waals surface area contributed by atoms with Gasteiger partial charge in [0.25, 0.3) is 0 Å². The summed E-state index contributed by atoms with van der Waals surface area (Å²) in [5, 5.41) is 3.43. The first-order chi connectivity index (χ1) is 15.5. The van der Waals surface area contributed by atoms with Crippen molar-refractivity contribution in [1.29, 1.82) is 0 Å².